The molecule has 1 aliphatic rings. The predicted octanol–water partition coefficient (Wildman–Crippen LogP) is 2.23. The molecule has 3 N–H and O–H groups in total. The maximum Gasteiger partial charge on any atom is 0.287 e. The number of fused-ring (bicyclic) bond motifs is 1. The number of aromatic nitrogens is 1. The standard InChI is InChI=1S/C12H12N4OS/c13-12-16-10-2-1-9(5-8(10)7-17-12)15-6-11-14-3-4-18-11/h1-5,15H,6-7H2,(H2,13,16). The highest BCUT2D eigenvalue weighted by molar-refractivity contribution is 7.09. The van der Waals surface area contributed by atoms with Crippen LogP contribution in [0.3, 0.4) is 0 Å². The summed E-state index contributed by atoms with van der Waals surface area (Å²) in [5, 5.41) is 6.35. The number of anilines is 1. The van der Waals surface area contributed by atoms with Gasteiger partial charge in [0.1, 0.15) is 11.6 Å². The Hall–Kier alpha value is -2.08. The largest absolute Gasteiger partial charge is 0.460 e. The minimum Gasteiger partial charge on any atom is -0.460 e. The van der Waals surface area contributed by atoms with Crippen molar-refractivity contribution in [2.75, 3.05) is 5.32 Å². The third-order valence-corrected chi connectivity index (χ3v) is 3.39. The van der Waals surface area contributed by atoms with Crippen LogP contribution in [0.25, 0.3) is 0 Å². The quantitative estimate of drug-likeness (QED) is 0.887. The van der Waals surface area contributed by atoms with E-state index in [2.05, 4.69) is 15.3 Å². The summed E-state index contributed by atoms with van der Waals surface area (Å²) in [6, 6.07) is 6.17. The van der Waals surface area contributed by atoms with Crippen molar-refractivity contribution in [2.24, 2.45) is 10.7 Å². The number of nitrogens with zero attached hydrogens (tertiary/aromatic N) is 2. The average molecular weight is 260 g/mol. The van der Waals surface area contributed by atoms with Gasteiger partial charge in [-0.15, -0.1) is 11.3 Å². The van der Waals surface area contributed by atoms with Gasteiger partial charge in [0.2, 0.25) is 0 Å². The zero-order chi connectivity index (χ0) is 12.4. The second-order valence-corrected chi connectivity index (χ2v) is 4.84. The van der Waals surface area contributed by atoms with Gasteiger partial charge < -0.3 is 15.8 Å². The van der Waals surface area contributed by atoms with E-state index in [9.17, 15) is 0 Å². The highest BCUT2D eigenvalue weighted by atomic mass is 32.1. The summed E-state index contributed by atoms with van der Waals surface area (Å²) < 4.78 is 5.20. The molecule has 0 unspecified atom stereocenters. The van der Waals surface area contributed by atoms with E-state index in [-0.39, 0.29) is 6.02 Å². The lowest BCUT2D eigenvalue weighted by Gasteiger charge is -2.15. The van der Waals surface area contributed by atoms with Gasteiger partial charge in [0, 0.05) is 22.8 Å². The van der Waals surface area contributed by atoms with Crippen LogP contribution in [-0.2, 0) is 17.9 Å². The number of hydrogen-bond acceptors (Lipinski definition) is 6. The number of rotatable bonds is 3. The van der Waals surface area contributed by atoms with E-state index in [1.165, 1.54) is 0 Å². The first-order valence-electron chi connectivity index (χ1n) is 5.53. The Balaban J connectivity index is 1.75. The van der Waals surface area contributed by atoms with Crippen LogP contribution in [0.4, 0.5) is 11.4 Å². The summed E-state index contributed by atoms with van der Waals surface area (Å²) in [7, 11) is 0. The molecule has 92 valence electrons. The molecule has 6 heteroatoms. The predicted molar refractivity (Wildman–Crippen MR) is 72.0 cm³/mol. The number of benzene rings is 1. The Morgan fingerprint density at radius 3 is 3.22 bits per heavy atom. The van der Waals surface area contributed by atoms with Crippen molar-refractivity contribution in [3.63, 3.8) is 0 Å². The lowest BCUT2D eigenvalue weighted by atomic mass is 10.1. The normalized spacial score (nSPS) is 13.4. The summed E-state index contributed by atoms with van der Waals surface area (Å²) in [5.74, 6) is 0. The molecule has 0 saturated heterocycles. The Bertz CT molecular complexity index is 580. The maximum atomic E-state index is 5.52. The van der Waals surface area contributed by atoms with E-state index < -0.39 is 0 Å². The van der Waals surface area contributed by atoms with Gasteiger partial charge in [-0.25, -0.2) is 4.98 Å². The first-order chi connectivity index (χ1) is 8.81. The summed E-state index contributed by atoms with van der Waals surface area (Å²) >= 11 is 1.63. The van der Waals surface area contributed by atoms with Gasteiger partial charge in [0.25, 0.3) is 6.02 Å². The third-order valence-electron chi connectivity index (χ3n) is 2.61. The molecule has 0 spiro atoms. The van der Waals surface area contributed by atoms with Crippen LogP contribution in [0.15, 0.2) is 34.8 Å². The molecule has 1 aromatic carbocycles. The number of aliphatic imine (C=N–C) groups is 1. The van der Waals surface area contributed by atoms with Crippen molar-refractivity contribution in [1.29, 1.82) is 0 Å². The zero-order valence-corrected chi connectivity index (χ0v) is 10.4. The molecule has 0 atom stereocenters. The summed E-state index contributed by atoms with van der Waals surface area (Å²) in [6.45, 7) is 1.19. The fraction of sp³-hybridized carbons (Fsp3) is 0.167. The molecule has 3 rings (SSSR count). The van der Waals surface area contributed by atoms with Gasteiger partial charge in [-0.3, -0.25) is 0 Å². The Morgan fingerprint density at radius 2 is 2.39 bits per heavy atom. The average Bonchev–Trinajstić information content (AvgIpc) is 2.89. The molecule has 5 nitrogen and oxygen atoms in total. The van der Waals surface area contributed by atoms with Crippen molar-refractivity contribution in [3.8, 4) is 0 Å². The minimum absolute atomic E-state index is 0.228. The fourth-order valence-electron chi connectivity index (χ4n) is 1.74. The highest BCUT2D eigenvalue weighted by Gasteiger charge is 2.11. The highest BCUT2D eigenvalue weighted by Crippen LogP contribution is 2.27. The van der Waals surface area contributed by atoms with E-state index in [0.717, 1.165) is 28.5 Å². The number of nitrogens with one attached hydrogen (secondary N) is 1. The monoisotopic (exact) mass is 260 g/mol. The van der Waals surface area contributed by atoms with Gasteiger partial charge >= 0.3 is 0 Å². The van der Waals surface area contributed by atoms with Crippen molar-refractivity contribution in [2.45, 2.75) is 13.2 Å². The summed E-state index contributed by atoms with van der Waals surface area (Å²) in [5.41, 5.74) is 8.46. The smallest absolute Gasteiger partial charge is 0.287 e. The number of nitrogens with two attached hydrogens (primary N) is 1. The van der Waals surface area contributed by atoms with Crippen LogP contribution in [0.2, 0.25) is 0 Å². The number of amidine groups is 1. The number of ether oxygens (including phenoxy) is 1. The summed E-state index contributed by atoms with van der Waals surface area (Å²) in [4.78, 5) is 8.35. The molecular formula is C12H12N4OS. The third kappa shape index (κ3) is 2.28. The van der Waals surface area contributed by atoms with Crippen LogP contribution in [-0.4, -0.2) is 11.0 Å². The van der Waals surface area contributed by atoms with Crippen molar-refractivity contribution < 1.29 is 4.74 Å². The fourth-order valence-corrected chi connectivity index (χ4v) is 2.30. The van der Waals surface area contributed by atoms with E-state index >= 15 is 0 Å². The van der Waals surface area contributed by atoms with Gasteiger partial charge in [-0.05, 0) is 18.2 Å². The van der Waals surface area contributed by atoms with Gasteiger partial charge in [-0.2, -0.15) is 4.99 Å². The molecule has 2 aromatic rings. The topological polar surface area (TPSA) is 72.5 Å². The molecule has 0 aliphatic carbocycles. The molecule has 0 fully saturated rings. The molecular weight excluding hydrogens is 248 g/mol. The first kappa shape index (κ1) is 11.0. The lowest BCUT2D eigenvalue weighted by Crippen LogP contribution is -2.18. The van der Waals surface area contributed by atoms with Crippen LogP contribution in [0.1, 0.15) is 10.6 Å². The molecule has 0 amide bonds. The molecule has 0 bridgehead atoms. The summed E-state index contributed by atoms with van der Waals surface area (Å²) in [6.07, 6.45) is 1.81. The second-order valence-electron chi connectivity index (χ2n) is 3.86. The second kappa shape index (κ2) is 4.66. The Kier molecular flexibility index (Phi) is 2.85. The number of hydrogen-bond donors (Lipinski definition) is 2. The molecule has 0 radical (unpaired) electrons. The molecule has 1 aliphatic heterocycles. The maximum absolute atomic E-state index is 5.52. The van der Waals surface area contributed by atoms with Gasteiger partial charge in [-0.1, -0.05) is 0 Å². The molecule has 18 heavy (non-hydrogen) atoms. The van der Waals surface area contributed by atoms with Crippen LogP contribution in [0, 0.1) is 0 Å². The van der Waals surface area contributed by atoms with E-state index in [1.54, 1.807) is 17.5 Å². The number of thiazole rings is 1. The van der Waals surface area contributed by atoms with E-state index in [0.29, 0.717) is 6.61 Å². The van der Waals surface area contributed by atoms with Gasteiger partial charge in [0.15, 0.2) is 0 Å². The van der Waals surface area contributed by atoms with E-state index in [4.69, 9.17) is 10.5 Å². The SMILES string of the molecule is NC1=Nc2ccc(NCc3nccs3)cc2CO1. The molecule has 1 aromatic heterocycles. The van der Waals surface area contributed by atoms with Crippen molar-refractivity contribution in [1.82, 2.24) is 4.98 Å². The Morgan fingerprint density at radius 1 is 1.44 bits per heavy atom. The van der Waals surface area contributed by atoms with E-state index in [1.807, 2.05) is 23.6 Å². The van der Waals surface area contributed by atoms with Crippen molar-refractivity contribution in [3.05, 3.63) is 40.3 Å². The van der Waals surface area contributed by atoms with Gasteiger partial charge in [0.05, 0.1) is 12.2 Å². The van der Waals surface area contributed by atoms with Crippen LogP contribution in [0.5, 0.6) is 0 Å². The minimum atomic E-state index is 0.228. The van der Waals surface area contributed by atoms with Crippen molar-refractivity contribution >= 4 is 28.7 Å². The molecule has 0 saturated carbocycles. The lowest BCUT2D eigenvalue weighted by molar-refractivity contribution is 0.282. The first-order valence-corrected chi connectivity index (χ1v) is 6.41. The van der Waals surface area contributed by atoms with Crippen LogP contribution >= 0.6 is 11.3 Å². The molecule has 2 heterocycles. The zero-order valence-electron chi connectivity index (χ0n) is 9.59. The van der Waals surface area contributed by atoms with Crippen LogP contribution < -0.4 is 11.1 Å². The Labute approximate surface area is 108 Å².